The largest absolute Gasteiger partial charge is 0.507 e. The molecule has 2 heteroatoms. The van der Waals surface area contributed by atoms with Crippen LogP contribution in [0.5, 0.6) is 5.75 Å². The summed E-state index contributed by atoms with van der Waals surface area (Å²) >= 11 is 0. The average molecular weight is 231 g/mol. The molecule has 1 aliphatic heterocycles. The lowest BCUT2D eigenvalue weighted by atomic mass is 9.83. The molecule has 1 saturated heterocycles. The van der Waals surface area contributed by atoms with Crippen molar-refractivity contribution >= 4 is 0 Å². The third kappa shape index (κ3) is 1.75. The maximum atomic E-state index is 10.5. The predicted octanol–water partition coefficient (Wildman–Crippen LogP) is 2.87. The van der Waals surface area contributed by atoms with Crippen LogP contribution in [0, 0.1) is 0 Å². The quantitative estimate of drug-likeness (QED) is 0.779. The fourth-order valence-corrected chi connectivity index (χ4v) is 3.38. The van der Waals surface area contributed by atoms with Crippen LogP contribution in [0.2, 0.25) is 0 Å². The van der Waals surface area contributed by atoms with Gasteiger partial charge in [0.25, 0.3) is 0 Å². The van der Waals surface area contributed by atoms with Crippen molar-refractivity contribution in [1.29, 1.82) is 0 Å². The Morgan fingerprint density at radius 2 is 2.00 bits per heavy atom. The number of rotatable bonds is 1. The van der Waals surface area contributed by atoms with E-state index in [9.17, 15) is 5.11 Å². The van der Waals surface area contributed by atoms with E-state index >= 15 is 0 Å². The molecule has 0 bridgehead atoms. The Morgan fingerprint density at radius 1 is 1.18 bits per heavy atom. The number of aryl methyl sites for hydroxylation is 1. The molecular formula is C15H21NO. The van der Waals surface area contributed by atoms with Crippen LogP contribution in [0.1, 0.15) is 49.3 Å². The normalized spacial score (nSPS) is 28.1. The molecule has 17 heavy (non-hydrogen) atoms. The Balaban J connectivity index is 2.06. The number of phenolic OH excluding ortho intramolecular Hbond substituents is 1. The highest BCUT2D eigenvalue weighted by molar-refractivity contribution is 5.49. The van der Waals surface area contributed by atoms with E-state index < -0.39 is 0 Å². The van der Waals surface area contributed by atoms with Crippen molar-refractivity contribution in [3.63, 3.8) is 0 Å². The first-order chi connectivity index (χ1) is 8.21. The Kier molecular flexibility index (Phi) is 2.62. The zero-order valence-corrected chi connectivity index (χ0v) is 10.6. The molecule has 1 aromatic rings. The number of nitrogens with one attached hydrogen (secondary N) is 1. The molecular weight excluding hydrogens is 210 g/mol. The van der Waals surface area contributed by atoms with E-state index in [2.05, 4.69) is 24.4 Å². The summed E-state index contributed by atoms with van der Waals surface area (Å²) in [5.74, 6) is 0.569. The van der Waals surface area contributed by atoms with Gasteiger partial charge in [0.15, 0.2) is 0 Å². The zero-order valence-electron chi connectivity index (χ0n) is 10.6. The van der Waals surface area contributed by atoms with E-state index in [4.69, 9.17) is 0 Å². The van der Waals surface area contributed by atoms with E-state index in [0.717, 1.165) is 31.4 Å². The lowest BCUT2D eigenvalue weighted by Crippen LogP contribution is -2.33. The summed E-state index contributed by atoms with van der Waals surface area (Å²) in [5, 5.41) is 14.1. The minimum Gasteiger partial charge on any atom is -0.507 e. The van der Waals surface area contributed by atoms with Gasteiger partial charge >= 0.3 is 0 Å². The third-order valence-corrected chi connectivity index (χ3v) is 4.47. The first-order valence-electron chi connectivity index (χ1n) is 6.80. The van der Waals surface area contributed by atoms with Crippen LogP contribution in [-0.2, 0) is 18.4 Å². The second-order valence-electron chi connectivity index (χ2n) is 5.67. The first kappa shape index (κ1) is 11.1. The minimum absolute atomic E-state index is 0.0173. The van der Waals surface area contributed by atoms with Crippen molar-refractivity contribution in [1.82, 2.24) is 5.32 Å². The van der Waals surface area contributed by atoms with E-state index in [-0.39, 0.29) is 5.54 Å². The van der Waals surface area contributed by atoms with Gasteiger partial charge in [-0.1, -0.05) is 12.1 Å². The Hall–Kier alpha value is -1.02. The van der Waals surface area contributed by atoms with Gasteiger partial charge in [-0.2, -0.15) is 0 Å². The van der Waals surface area contributed by atoms with Crippen LogP contribution < -0.4 is 5.32 Å². The van der Waals surface area contributed by atoms with E-state index in [0.29, 0.717) is 5.75 Å². The molecule has 2 N–H and O–H groups in total. The van der Waals surface area contributed by atoms with E-state index in [1.165, 1.54) is 30.4 Å². The Morgan fingerprint density at radius 3 is 2.76 bits per heavy atom. The second kappa shape index (κ2) is 4.02. The highest BCUT2D eigenvalue weighted by Crippen LogP contribution is 2.40. The molecule has 1 fully saturated rings. The summed E-state index contributed by atoms with van der Waals surface area (Å²) in [5.41, 5.74) is 3.66. The fourth-order valence-electron chi connectivity index (χ4n) is 3.38. The zero-order chi connectivity index (χ0) is 11.9. The molecule has 2 aliphatic rings. The molecule has 1 heterocycles. The number of benzene rings is 1. The van der Waals surface area contributed by atoms with Gasteiger partial charge in [-0.15, -0.1) is 0 Å². The fraction of sp³-hybridized carbons (Fsp3) is 0.600. The molecule has 92 valence electrons. The summed E-state index contributed by atoms with van der Waals surface area (Å²) in [7, 11) is 0. The van der Waals surface area contributed by atoms with Gasteiger partial charge in [0.05, 0.1) is 0 Å². The monoisotopic (exact) mass is 231 g/mol. The Bertz CT molecular complexity index is 433. The van der Waals surface area contributed by atoms with Crippen molar-refractivity contribution in [3.05, 3.63) is 28.8 Å². The predicted molar refractivity (Wildman–Crippen MR) is 69.3 cm³/mol. The van der Waals surface area contributed by atoms with Crippen LogP contribution in [0.15, 0.2) is 12.1 Å². The van der Waals surface area contributed by atoms with E-state index in [1.807, 2.05) is 0 Å². The van der Waals surface area contributed by atoms with Crippen LogP contribution in [0.4, 0.5) is 0 Å². The molecule has 2 nitrogen and oxygen atoms in total. The number of aromatic hydroxyl groups is 1. The van der Waals surface area contributed by atoms with Gasteiger partial charge in [0.1, 0.15) is 5.75 Å². The van der Waals surface area contributed by atoms with Gasteiger partial charge in [0.2, 0.25) is 0 Å². The molecule has 1 unspecified atom stereocenters. The van der Waals surface area contributed by atoms with Gasteiger partial charge in [-0.3, -0.25) is 0 Å². The van der Waals surface area contributed by atoms with Gasteiger partial charge in [0, 0.05) is 11.1 Å². The van der Waals surface area contributed by atoms with Crippen LogP contribution >= 0.6 is 0 Å². The highest BCUT2D eigenvalue weighted by Gasteiger charge is 2.33. The van der Waals surface area contributed by atoms with Gasteiger partial charge in [-0.25, -0.2) is 0 Å². The molecule has 1 atom stereocenters. The molecule has 0 radical (unpaired) electrons. The van der Waals surface area contributed by atoms with Crippen LogP contribution in [-0.4, -0.2) is 11.7 Å². The molecule has 0 amide bonds. The summed E-state index contributed by atoms with van der Waals surface area (Å²) < 4.78 is 0. The maximum Gasteiger partial charge on any atom is 0.124 e. The van der Waals surface area contributed by atoms with Crippen LogP contribution in [0.3, 0.4) is 0 Å². The second-order valence-corrected chi connectivity index (χ2v) is 5.67. The Labute approximate surface area is 103 Å². The minimum atomic E-state index is -0.0173. The molecule has 3 rings (SSSR count). The van der Waals surface area contributed by atoms with E-state index in [1.54, 1.807) is 0 Å². The molecule has 1 aromatic carbocycles. The molecule has 0 saturated carbocycles. The summed E-state index contributed by atoms with van der Waals surface area (Å²) in [6, 6.07) is 4.37. The molecule has 0 aromatic heterocycles. The maximum absolute atomic E-state index is 10.5. The number of hydrogen-bond donors (Lipinski definition) is 2. The lowest BCUT2D eigenvalue weighted by Gasteiger charge is -2.29. The van der Waals surface area contributed by atoms with Crippen molar-refractivity contribution < 1.29 is 5.11 Å². The number of phenols is 1. The standard InChI is InChI=1S/C15H21NO/c1-15(9-4-10-16-15)13-8-7-11-5-2-3-6-12(11)14(13)17/h7-8,16-17H,2-6,9-10H2,1H3. The van der Waals surface area contributed by atoms with Gasteiger partial charge < -0.3 is 10.4 Å². The summed E-state index contributed by atoms with van der Waals surface area (Å²) in [4.78, 5) is 0. The third-order valence-electron chi connectivity index (χ3n) is 4.47. The number of fused-ring (bicyclic) bond motifs is 1. The van der Waals surface area contributed by atoms with Crippen molar-refractivity contribution in [2.24, 2.45) is 0 Å². The lowest BCUT2D eigenvalue weighted by molar-refractivity contribution is 0.389. The highest BCUT2D eigenvalue weighted by atomic mass is 16.3. The number of hydrogen-bond acceptors (Lipinski definition) is 2. The molecule has 1 aliphatic carbocycles. The van der Waals surface area contributed by atoms with Gasteiger partial charge in [-0.05, 0) is 63.1 Å². The average Bonchev–Trinajstić information content (AvgIpc) is 2.78. The SMILES string of the molecule is CC1(c2ccc3c(c2O)CCCC3)CCCN1. The summed E-state index contributed by atoms with van der Waals surface area (Å²) in [6.07, 6.45) is 6.99. The first-order valence-corrected chi connectivity index (χ1v) is 6.80. The van der Waals surface area contributed by atoms with Crippen molar-refractivity contribution in [3.8, 4) is 5.75 Å². The summed E-state index contributed by atoms with van der Waals surface area (Å²) in [6.45, 7) is 3.28. The topological polar surface area (TPSA) is 32.3 Å². The van der Waals surface area contributed by atoms with Crippen LogP contribution in [0.25, 0.3) is 0 Å². The molecule has 0 spiro atoms. The van der Waals surface area contributed by atoms with Crippen molar-refractivity contribution in [2.45, 2.75) is 51.0 Å². The smallest absolute Gasteiger partial charge is 0.124 e. The van der Waals surface area contributed by atoms with Crippen molar-refractivity contribution in [2.75, 3.05) is 6.54 Å².